The molecule has 3 heteroatoms. The van der Waals surface area contributed by atoms with Crippen molar-refractivity contribution in [2.75, 3.05) is 0 Å². The summed E-state index contributed by atoms with van der Waals surface area (Å²) in [6.45, 7) is 16.7. The van der Waals surface area contributed by atoms with E-state index >= 15 is 0 Å². The Labute approximate surface area is 224 Å². The first-order chi connectivity index (χ1) is 17.6. The van der Waals surface area contributed by atoms with Crippen molar-refractivity contribution in [2.24, 2.45) is 0 Å². The lowest BCUT2D eigenvalue weighted by Gasteiger charge is -2.19. The number of nitrogens with zero attached hydrogens (tertiary/aromatic N) is 3. The molecule has 0 saturated carbocycles. The van der Waals surface area contributed by atoms with E-state index in [1.807, 2.05) is 4.80 Å². The molecule has 0 fully saturated rings. The van der Waals surface area contributed by atoms with Crippen molar-refractivity contribution in [3.05, 3.63) is 71.8 Å². The summed E-state index contributed by atoms with van der Waals surface area (Å²) in [7, 11) is 0. The van der Waals surface area contributed by atoms with Gasteiger partial charge in [0.1, 0.15) is 11.0 Å². The van der Waals surface area contributed by atoms with Gasteiger partial charge in [-0.05, 0) is 39.5 Å². The van der Waals surface area contributed by atoms with Crippen molar-refractivity contribution < 1.29 is 0 Å². The van der Waals surface area contributed by atoms with Crippen molar-refractivity contribution in [3.8, 4) is 22.3 Å². The van der Waals surface area contributed by atoms with Crippen LogP contribution in [0.25, 0.3) is 33.3 Å². The highest BCUT2D eigenvalue weighted by molar-refractivity contribution is 6.00. The molecule has 0 aliphatic carbocycles. The van der Waals surface area contributed by atoms with Gasteiger partial charge < -0.3 is 0 Å². The van der Waals surface area contributed by atoms with Crippen molar-refractivity contribution in [1.82, 2.24) is 15.0 Å². The molecule has 0 saturated heterocycles. The maximum absolute atomic E-state index is 5.04. The molecule has 1 aromatic heterocycles. The van der Waals surface area contributed by atoms with Crippen LogP contribution in [0.15, 0.2) is 60.7 Å². The van der Waals surface area contributed by atoms with Crippen LogP contribution >= 0.6 is 0 Å². The van der Waals surface area contributed by atoms with Crippen LogP contribution in [0.3, 0.4) is 0 Å². The normalized spacial score (nSPS) is 12.4. The Kier molecular flexibility index (Phi) is 8.21. The van der Waals surface area contributed by atoms with E-state index in [2.05, 4.69) is 109 Å². The predicted molar refractivity (Wildman–Crippen MR) is 159 cm³/mol. The zero-order chi connectivity index (χ0) is 26.6. The Hall–Kier alpha value is -2.94. The Morgan fingerprint density at radius 3 is 1.35 bits per heavy atom. The van der Waals surface area contributed by atoms with E-state index in [0.29, 0.717) is 0 Å². The smallest absolute Gasteiger partial charge is 0.121 e. The lowest BCUT2D eigenvalue weighted by molar-refractivity contribution is 0.488. The maximum Gasteiger partial charge on any atom is 0.121 e. The molecule has 0 aliphatic heterocycles. The minimum Gasteiger partial charge on any atom is -0.184 e. The van der Waals surface area contributed by atoms with Crippen molar-refractivity contribution >= 4 is 11.0 Å². The first kappa shape index (κ1) is 27.1. The average molecular weight is 496 g/mol. The van der Waals surface area contributed by atoms with Gasteiger partial charge in [-0.2, -0.15) is 15.0 Å². The van der Waals surface area contributed by atoms with Gasteiger partial charge in [0.05, 0.1) is 6.54 Å². The molecule has 3 nitrogen and oxygen atoms in total. The number of aryl methyl sites for hydroxylation is 1. The van der Waals surface area contributed by atoms with Crippen molar-refractivity contribution in [2.45, 2.75) is 104 Å². The zero-order valence-electron chi connectivity index (χ0n) is 24.1. The Balaban J connectivity index is 1.71. The molecule has 0 amide bonds. The number of benzene rings is 3. The van der Waals surface area contributed by atoms with Gasteiger partial charge >= 0.3 is 0 Å². The summed E-state index contributed by atoms with van der Waals surface area (Å²) >= 11 is 0. The maximum atomic E-state index is 5.04. The van der Waals surface area contributed by atoms with Crippen LogP contribution in [-0.2, 0) is 17.4 Å². The summed E-state index contributed by atoms with van der Waals surface area (Å²) in [6, 6.07) is 22.4. The van der Waals surface area contributed by atoms with Crippen LogP contribution < -0.4 is 0 Å². The minimum atomic E-state index is 0.136. The third-order valence-corrected chi connectivity index (χ3v) is 7.42. The number of hydrogen-bond donors (Lipinski definition) is 0. The molecule has 0 aliphatic rings. The van der Waals surface area contributed by atoms with Crippen molar-refractivity contribution in [1.29, 1.82) is 0 Å². The fraction of sp³-hybridized carbons (Fsp3) is 0.471. The second kappa shape index (κ2) is 11.2. The molecular formula is C34H45N3. The fourth-order valence-electron chi connectivity index (χ4n) is 4.93. The number of aromatic nitrogens is 3. The molecule has 0 spiro atoms. The quantitative estimate of drug-likeness (QED) is 0.216. The number of hydrogen-bond acceptors (Lipinski definition) is 2. The second-order valence-corrected chi connectivity index (χ2v) is 12.6. The van der Waals surface area contributed by atoms with Gasteiger partial charge in [-0.3, -0.25) is 0 Å². The molecule has 0 N–H and O–H groups in total. The number of rotatable bonds is 9. The minimum absolute atomic E-state index is 0.136. The molecule has 4 rings (SSSR count). The summed E-state index contributed by atoms with van der Waals surface area (Å²) in [5.41, 5.74) is 9.63. The summed E-state index contributed by atoms with van der Waals surface area (Å²) < 4.78 is 0. The van der Waals surface area contributed by atoms with Crippen LogP contribution in [0.1, 0.15) is 98.1 Å². The predicted octanol–water partition coefficient (Wildman–Crippen LogP) is 9.72. The van der Waals surface area contributed by atoms with Gasteiger partial charge in [0.15, 0.2) is 0 Å². The van der Waals surface area contributed by atoms with Gasteiger partial charge in [-0.1, -0.05) is 141 Å². The largest absolute Gasteiger partial charge is 0.184 e. The summed E-state index contributed by atoms with van der Waals surface area (Å²) in [5, 5.41) is 10.1. The zero-order valence-corrected chi connectivity index (χ0v) is 24.1. The summed E-state index contributed by atoms with van der Waals surface area (Å²) in [6.07, 6.45) is 7.60. The van der Waals surface area contributed by atoms with Crippen LogP contribution in [0, 0.1) is 0 Å². The number of fused-ring (bicyclic) bond motifs is 1. The van der Waals surface area contributed by atoms with Crippen LogP contribution in [0.4, 0.5) is 0 Å². The standard InChI is InChI=1S/C34H45N3/c1-8-9-10-11-12-13-24-37-35-31-29(25-14-18-27(19-15-25)33(2,3)4)22-23-30(32(31)36-37)26-16-20-28(21-17-26)34(5,6)7/h14-23H,8-13,24H2,1-7H3. The first-order valence-electron chi connectivity index (χ1n) is 14.2. The van der Waals surface area contributed by atoms with Gasteiger partial charge in [-0.15, -0.1) is 0 Å². The molecule has 4 aromatic rings. The Morgan fingerprint density at radius 2 is 0.946 bits per heavy atom. The van der Waals surface area contributed by atoms with Gasteiger partial charge in [-0.25, -0.2) is 0 Å². The third kappa shape index (κ3) is 6.50. The molecule has 0 radical (unpaired) electrons. The number of unbranched alkanes of at least 4 members (excludes halogenated alkanes) is 5. The summed E-state index contributed by atoms with van der Waals surface area (Å²) in [5.74, 6) is 0. The van der Waals surface area contributed by atoms with Gasteiger partial charge in [0.25, 0.3) is 0 Å². The molecule has 37 heavy (non-hydrogen) atoms. The van der Waals surface area contributed by atoms with Crippen LogP contribution in [0.2, 0.25) is 0 Å². The van der Waals surface area contributed by atoms with Gasteiger partial charge in [0.2, 0.25) is 0 Å². The molecular weight excluding hydrogens is 450 g/mol. The van der Waals surface area contributed by atoms with E-state index in [-0.39, 0.29) is 10.8 Å². The first-order valence-corrected chi connectivity index (χ1v) is 14.2. The Morgan fingerprint density at radius 1 is 0.541 bits per heavy atom. The van der Waals surface area contributed by atoms with E-state index in [9.17, 15) is 0 Å². The lowest BCUT2D eigenvalue weighted by Crippen LogP contribution is -2.10. The van der Waals surface area contributed by atoms with E-state index < -0.39 is 0 Å². The summed E-state index contributed by atoms with van der Waals surface area (Å²) in [4.78, 5) is 1.94. The second-order valence-electron chi connectivity index (χ2n) is 12.6. The third-order valence-electron chi connectivity index (χ3n) is 7.42. The molecule has 3 aromatic carbocycles. The van der Waals surface area contributed by atoms with E-state index in [4.69, 9.17) is 10.2 Å². The SMILES string of the molecule is CCCCCCCCn1nc2c(-c3ccc(C(C)(C)C)cc3)ccc(-c3ccc(C(C)(C)C)cc3)c2n1. The lowest BCUT2D eigenvalue weighted by atomic mass is 9.85. The molecule has 196 valence electrons. The highest BCUT2D eigenvalue weighted by atomic mass is 15.5. The van der Waals surface area contributed by atoms with Crippen LogP contribution in [0.5, 0.6) is 0 Å². The van der Waals surface area contributed by atoms with E-state index in [0.717, 1.165) is 35.1 Å². The van der Waals surface area contributed by atoms with Crippen molar-refractivity contribution in [3.63, 3.8) is 0 Å². The highest BCUT2D eigenvalue weighted by Crippen LogP contribution is 2.35. The molecule has 0 bridgehead atoms. The highest BCUT2D eigenvalue weighted by Gasteiger charge is 2.18. The average Bonchev–Trinajstić information content (AvgIpc) is 3.29. The van der Waals surface area contributed by atoms with E-state index in [1.165, 1.54) is 54.4 Å². The van der Waals surface area contributed by atoms with Gasteiger partial charge in [0, 0.05) is 11.1 Å². The molecule has 0 unspecified atom stereocenters. The monoisotopic (exact) mass is 495 g/mol. The van der Waals surface area contributed by atoms with Crippen LogP contribution in [-0.4, -0.2) is 15.0 Å². The topological polar surface area (TPSA) is 30.7 Å². The molecule has 0 atom stereocenters. The fourth-order valence-corrected chi connectivity index (χ4v) is 4.93. The Bertz CT molecular complexity index is 1200. The molecule has 1 heterocycles. The van der Waals surface area contributed by atoms with E-state index in [1.54, 1.807) is 0 Å².